The summed E-state index contributed by atoms with van der Waals surface area (Å²) in [5, 5.41) is 1.25. The summed E-state index contributed by atoms with van der Waals surface area (Å²) < 4.78 is 0. The third kappa shape index (κ3) is 1.52. The van der Waals surface area contributed by atoms with Crippen molar-refractivity contribution >= 4 is 11.3 Å². The van der Waals surface area contributed by atoms with Crippen molar-refractivity contribution < 1.29 is 0 Å². The molecule has 2 unspecified atom stereocenters. The smallest absolute Gasteiger partial charge is 0.0900 e. The van der Waals surface area contributed by atoms with Crippen LogP contribution in [-0.2, 0) is 6.42 Å². The third-order valence-corrected chi connectivity index (χ3v) is 5.07. The Morgan fingerprint density at radius 2 is 2.19 bits per heavy atom. The number of hydrogen-bond acceptors (Lipinski definition) is 3. The van der Waals surface area contributed by atoms with Crippen molar-refractivity contribution in [2.75, 3.05) is 0 Å². The van der Waals surface area contributed by atoms with Gasteiger partial charge in [0.05, 0.1) is 10.7 Å². The Labute approximate surface area is 102 Å². The second kappa shape index (κ2) is 3.81. The van der Waals surface area contributed by atoms with Crippen LogP contribution in [0.2, 0.25) is 0 Å². The molecule has 16 heavy (non-hydrogen) atoms. The van der Waals surface area contributed by atoms with Gasteiger partial charge in [-0.25, -0.2) is 4.98 Å². The van der Waals surface area contributed by atoms with E-state index in [2.05, 4.69) is 25.7 Å². The lowest BCUT2D eigenvalue weighted by Crippen LogP contribution is -2.49. The highest BCUT2D eigenvalue weighted by atomic mass is 32.1. The molecule has 0 N–H and O–H groups in total. The topological polar surface area (TPSA) is 16.1 Å². The number of aryl methyl sites for hydroxylation is 1. The molecule has 2 nitrogen and oxygen atoms in total. The van der Waals surface area contributed by atoms with Gasteiger partial charge in [-0.15, -0.1) is 11.3 Å². The lowest BCUT2D eigenvalue weighted by atomic mass is 9.85. The van der Waals surface area contributed by atoms with E-state index in [1.54, 1.807) is 4.88 Å². The Balaban J connectivity index is 2.04. The third-order valence-electron chi connectivity index (χ3n) is 3.96. The van der Waals surface area contributed by atoms with E-state index in [1.165, 1.54) is 36.4 Å². The lowest BCUT2D eigenvalue weighted by Gasteiger charge is -2.47. The Morgan fingerprint density at radius 3 is 2.94 bits per heavy atom. The zero-order valence-electron chi connectivity index (χ0n) is 10.4. The number of aromatic nitrogens is 1. The minimum absolute atomic E-state index is 0.672. The summed E-state index contributed by atoms with van der Waals surface area (Å²) >= 11 is 1.93. The van der Waals surface area contributed by atoms with E-state index < -0.39 is 0 Å². The first-order valence-corrected chi connectivity index (χ1v) is 7.22. The van der Waals surface area contributed by atoms with E-state index in [0.29, 0.717) is 12.1 Å². The van der Waals surface area contributed by atoms with Crippen LogP contribution in [-0.4, -0.2) is 22.0 Å². The highest BCUT2D eigenvalue weighted by molar-refractivity contribution is 7.11. The van der Waals surface area contributed by atoms with Crippen LogP contribution in [0.15, 0.2) is 0 Å². The molecule has 1 fully saturated rings. The van der Waals surface area contributed by atoms with Crippen LogP contribution >= 0.6 is 11.3 Å². The number of nitrogens with zero attached hydrogens (tertiary/aromatic N) is 2. The van der Waals surface area contributed by atoms with Gasteiger partial charge in [0.15, 0.2) is 0 Å². The summed E-state index contributed by atoms with van der Waals surface area (Å²) in [5.74, 6) is 0. The lowest BCUT2D eigenvalue weighted by molar-refractivity contribution is 0.0403. The molecule has 3 heteroatoms. The Morgan fingerprint density at radius 1 is 1.38 bits per heavy atom. The van der Waals surface area contributed by atoms with Gasteiger partial charge >= 0.3 is 0 Å². The van der Waals surface area contributed by atoms with Gasteiger partial charge in [0, 0.05) is 29.4 Å². The standard InChI is InChI=1S/C13H20N2S/c1-8(2)15-10-5-4-6-12(15)13-11(7-10)14-9(3)16-13/h8,10,12H,4-7H2,1-3H3. The van der Waals surface area contributed by atoms with Crippen LogP contribution in [0.4, 0.5) is 0 Å². The first-order valence-electron chi connectivity index (χ1n) is 6.40. The SMILES string of the molecule is Cc1nc2c(s1)C1CCCC(C2)N1C(C)C. The minimum atomic E-state index is 0.672. The summed E-state index contributed by atoms with van der Waals surface area (Å²) in [5.41, 5.74) is 1.41. The van der Waals surface area contributed by atoms with Gasteiger partial charge in [-0.1, -0.05) is 0 Å². The molecule has 0 aliphatic carbocycles. The molecule has 1 aromatic rings. The zero-order chi connectivity index (χ0) is 11.3. The van der Waals surface area contributed by atoms with Crippen molar-refractivity contribution in [1.82, 2.24) is 9.88 Å². The molecule has 0 amide bonds. The monoisotopic (exact) mass is 236 g/mol. The molecule has 0 aromatic carbocycles. The van der Waals surface area contributed by atoms with E-state index in [1.807, 2.05) is 11.3 Å². The maximum absolute atomic E-state index is 4.72. The average Bonchev–Trinajstić information content (AvgIpc) is 2.58. The van der Waals surface area contributed by atoms with Crippen LogP contribution in [0.1, 0.15) is 54.7 Å². The molecule has 0 radical (unpaired) electrons. The van der Waals surface area contributed by atoms with E-state index >= 15 is 0 Å². The number of rotatable bonds is 1. The van der Waals surface area contributed by atoms with Crippen LogP contribution in [0.25, 0.3) is 0 Å². The second-order valence-corrected chi connectivity index (χ2v) is 6.62. The molecule has 0 spiro atoms. The number of hydrogen-bond donors (Lipinski definition) is 0. The molecule has 2 bridgehead atoms. The molecule has 2 aliphatic rings. The fraction of sp³-hybridized carbons (Fsp3) is 0.769. The van der Waals surface area contributed by atoms with Gasteiger partial charge in [0.1, 0.15) is 0 Å². The first-order chi connectivity index (χ1) is 7.66. The van der Waals surface area contributed by atoms with Crippen molar-refractivity contribution in [1.29, 1.82) is 0 Å². The summed E-state index contributed by atoms with van der Waals surface area (Å²) in [6.07, 6.45) is 5.29. The maximum atomic E-state index is 4.72. The molecule has 88 valence electrons. The molecule has 1 aromatic heterocycles. The van der Waals surface area contributed by atoms with Crippen LogP contribution < -0.4 is 0 Å². The van der Waals surface area contributed by atoms with Crippen molar-refractivity contribution in [3.05, 3.63) is 15.6 Å². The average molecular weight is 236 g/mol. The van der Waals surface area contributed by atoms with Crippen molar-refractivity contribution in [3.8, 4) is 0 Å². The second-order valence-electron chi connectivity index (χ2n) is 5.39. The Bertz CT molecular complexity index is 397. The molecular weight excluding hydrogens is 216 g/mol. The molecular formula is C13H20N2S. The van der Waals surface area contributed by atoms with Crippen molar-refractivity contribution in [3.63, 3.8) is 0 Å². The molecule has 3 rings (SSSR count). The van der Waals surface area contributed by atoms with Gasteiger partial charge in [0.25, 0.3) is 0 Å². The predicted molar refractivity (Wildman–Crippen MR) is 67.9 cm³/mol. The van der Waals surface area contributed by atoms with Gasteiger partial charge in [0.2, 0.25) is 0 Å². The molecule has 1 saturated heterocycles. The normalized spacial score (nSPS) is 29.5. The van der Waals surface area contributed by atoms with E-state index in [4.69, 9.17) is 4.98 Å². The fourth-order valence-electron chi connectivity index (χ4n) is 3.47. The van der Waals surface area contributed by atoms with Gasteiger partial charge < -0.3 is 0 Å². The van der Waals surface area contributed by atoms with Crippen LogP contribution in [0.3, 0.4) is 0 Å². The largest absolute Gasteiger partial charge is 0.290 e. The van der Waals surface area contributed by atoms with Crippen LogP contribution in [0.5, 0.6) is 0 Å². The number of fused-ring (bicyclic) bond motifs is 4. The summed E-state index contributed by atoms with van der Waals surface area (Å²) in [6.45, 7) is 6.82. The molecule has 0 saturated carbocycles. The summed E-state index contributed by atoms with van der Waals surface area (Å²) in [6, 6.07) is 2.10. The highest BCUT2D eigenvalue weighted by Crippen LogP contribution is 2.44. The summed E-state index contributed by atoms with van der Waals surface area (Å²) in [7, 11) is 0. The first kappa shape index (κ1) is 10.7. The van der Waals surface area contributed by atoms with E-state index in [0.717, 1.165) is 6.04 Å². The highest BCUT2D eigenvalue weighted by Gasteiger charge is 2.40. The number of piperidine rings is 1. The van der Waals surface area contributed by atoms with Crippen molar-refractivity contribution in [2.24, 2.45) is 0 Å². The van der Waals surface area contributed by atoms with E-state index in [9.17, 15) is 0 Å². The Hall–Kier alpha value is -0.410. The fourth-order valence-corrected chi connectivity index (χ4v) is 4.57. The Kier molecular flexibility index (Phi) is 2.55. The summed E-state index contributed by atoms with van der Waals surface area (Å²) in [4.78, 5) is 9.03. The minimum Gasteiger partial charge on any atom is -0.290 e. The van der Waals surface area contributed by atoms with Crippen molar-refractivity contribution in [2.45, 2.75) is 64.6 Å². The van der Waals surface area contributed by atoms with Gasteiger partial charge in [-0.2, -0.15) is 0 Å². The van der Waals surface area contributed by atoms with Gasteiger partial charge in [-0.05, 0) is 40.0 Å². The zero-order valence-corrected chi connectivity index (χ0v) is 11.2. The predicted octanol–water partition coefficient (Wildman–Crippen LogP) is 3.31. The maximum Gasteiger partial charge on any atom is 0.0900 e. The van der Waals surface area contributed by atoms with Crippen LogP contribution in [0, 0.1) is 6.92 Å². The molecule has 3 heterocycles. The number of thiazole rings is 1. The molecule has 2 atom stereocenters. The van der Waals surface area contributed by atoms with Gasteiger partial charge in [-0.3, -0.25) is 4.90 Å². The molecule has 2 aliphatic heterocycles. The quantitative estimate of drug-likeness (QED) is 0.743. The van der Waals surface area contributed by atoms with E-state index in [-0.39, 0.29) is 0 Å².